The fourth-order valence-corrected chi connectivity index (χ4v) is 2.12. The maximum Gasteiger partial charge on any atom is 0.305 e. The number of amides is 1. The van der Waals surface area contributed by atoms with Gasteiger partial charge in [0.2, 0.25) is 5.91 Å². The fraction of sp³-hybridized carbons (Fsp3) is 0.833. The molecule has 1 aliphatic rings. The Morgan fingerprint density at radius 3 is 2.12 bits per heavy atom. The summed E-state index contributed by atoms with van der Waals surface area (Å²) < 4.78 is 0. The van der Waals surface area contributed by atoms with Gasteiger partial charge < -0.3 is 10.4 Å². The van der Waals surface area contributed by atoms with Crippen LogP contribution in [0.15, 0.2) is 0 Å². The van der Waals surface area contributed by atoms with E-state index in [4.69, 9.17) is 5.11 Å². The predicted octanol–water partition coefficient (Wildman–Crippen LogP) is 1.94. The molecule has 0 saturated heterocycles. The summed E-state index contributed by atoms with van der Waals surface area (Å²) in [5.74, 6) is -0.897. The topological polar surface area (TPSA) is 66.4 Å². The number of hydrogen-bond donors (Lipinski definition) is 2. The van der Waals surface area contributed by atoms with E-state index < -0.39 is 16.9 Å². The average molecular weight is 227 g/mol. The first-order chi connectivity index (χ1) is 7.25. The summed E-state index contributed by atoms with van der Waals surface area (Å²) in [6.45, 7) is 5.52. The van der Waals surface area contributed by atoms with Gasteiger partial charge in [0.05, 0.1) is 12.0 Å². The number of carboxylic acids is 1. The van der Waals surface area contributed by atoms with Crippen molar-refractivity contribution in [2.75, 3.05) is 0 Å². The second-order valence-corrected chi connectivity index (χ2v) is 5.76. The van der Waals surface area contributed by atoms with Crippen molar-refractivity contribution in [2.45, 2.75) is 58.4 Å². The molecule has 4 nitrogen and oxygen atoms in total. The monoisotopic (exact) mass is 227 g/mol. The van der Waals surface area contributed by atoms with Gasteiger partial charge in [-0.15, -0.1) is 0 Å². The van der Waals surface area contributed by atoms with Crippen LogP contribution in [0, 0.1) is 5.41 Å². The van der Waals surface area contributed by atoms with Crippen molar-refractivity contribution in [1.29, 1.82) is 0 Å². The van der Waals surface area contributed by atoms with E-state index in [0.29, 0.717) is 0 Å². The van der Waals surface area contributed by atoms with E-state index in [-0.39, 0.29) is 12.3 Å². The van der Waals surface area contributed by atoms with Gasteiger partial charge in [-0.1, -0.05) is 33.6 Å². The van der Waals surface area contributed by atoms with Crippen molar-refractivity contribution in [3.05, 3.63) is 0 Å². The Balaban J connectivity index is 2.72. The Hall–Kier alpha value is -1.06. The molecular weight excluding hydrogens is 206 g/mol. The fourth-order valence-electron chi connectivity index (χ4n) is 2.12. The molecule has 1 aliphatic carbocycles. The zero-order chi connectivity index (χ0) is 12.4. The highest BCUT2D eigenvalue weighted by Crippen LogP contribution is 2.33. The van der Waals surface area contributed by atoms with E-state index >= 15 is 0 Å². The summed E-state index contributed by atoms with van der Waals surface area (Å²) in [6.07, 6.45) is 3.59. The third-order valence-electron chi connectivity index (χ3n) is 3.11. The van der Waals surface area contributed by atoms with Crippen molar-refractivity contribution in [3.63, 3.8) is 0 Å². The Morgan fingerprint density at radius 2 is 1.75 bits per heavy atom. The Morgan fingerprint density at radius 1 is 1.25 bits per heavy atom. The van der Waals surface area contributed by atoms with Gasteiger partial charge in [-0.3, -0.25) is 9.59 Å². The van der Waals surface area contributed by atoms with Gasteiger partial charge >= 0.3 is 5.97 Å². The zero-order valence-corrected chi connectivity index (χ0v) is 10.3. The normalized spacial score (nSPS) is 19.4. The minimum Gasteiger partial charge on any atom is -0.481 e. The van der Waals surface area contributed by atoms with Gasteiger partial charge in [-0.05, 0) is 12.8 Å². The quantitative estimate of drug-likeness (QED) is 0.774. The van der Waals surface area contributed by atoms with Crippen LogP contribution in [-0.2, 0) is 9.59 Å². The molecule has 0 atom stereocenters. The van der Waals surface area contributed by atoms with Gasteiger partial charge in [0.25, 0.3) is 0 Å². The maximum absolute atomic E-state index is 11.9. The van der Waals surface area contributed by atoms with Crippen molar-refractivity contribution in [2.24, 2.45) is 5.41 Å². The molecule has 0 aromatic rings. The molecule has 16 heavy (non-hydrogen) atoms. The van der Waals surface area contributed by atoms with Crippen LogP contribution in [-0.4, -0.2) is 22.5 Å². The molecule has 0 unspecified atom stereocenters. The summed E-state index contributed by atoms with van der Waals surface area (Å²) in [4.78, 5) is 22.7. The number of carboxylic acid groups (broad SMARTS) is 1. The van der Waals surface area contributed by atoms with Crippen molar-refractivity contribution in [1.82, 2.24) is 5.32 Å². The summed E-state index contributed by atoms with van der Waals surface area (Å²) in [6, 6.07) is 0. The van der Waals surface area contributed by atoms with E-state index in [0.717, 1.165) is 25.7 Å². The maximum atomic E-state index is 11.9. The molecule has 0 aliphatic heterocycles. The molecule has 0 radical (unpaired) electrons. The number of carbonyl (C=O) groups is 2. The van der Waals surface area contributed by atoms with Crippen LogP contribution in [0.1, 0.15) is 52.9 Å². The average Bonchev–Trinajstić information content (AvgIpc) is 2.49. The smallest absolute Gasteiger partial charge is 0.305 e. The molecule has 0 aromatic heterocycles. The Labute approximate surface area is 96.4 Å². The van der Waals surface area contributed by atoms with Gasteiger partial charge in [0, 0.05) is 5.41 Å². The van der Waals surface area contributed by atoms with Crippen LogP contribution in [0.5, 0.6) is 0 Å². The molecule has 1 rings (SSSR count). The Bertz CT molecular complexity index is 285. The molecule has 92 valence electrons. The standard InChI is InChI=1S/C12H21NO3/c1-11(2,3)10(16)13-12(8-9(14)15)6-4-5-7-12/h4-8H2,1-3H3,(H,13,16)(H,14,15). The summed E-state index contributed by atoms with van der Waals surface area (Å²) in [5, 5.41) is 11.8. The largest absolute Gasteiger partial charge is 0.481 e. The number of carbonyl (C=O) groups excluding carboxylic acids is 1. The van der Waals surface area contributed by atoms with Crippen LogP contribution >= 0.6 is 0 Å². The van der Waals surface area contributed by atoms with Gasteiger partial charge in [0.15, 0.2) is 0 Å². The third-order valence-corrected chi connectivity index (χ3v) is 3.11. The van der Waals surface area contributed by atoms with Crippen LogP contribution in [0.2, 0.25) is 0 Å². The molecular formula is C12H21NO3. The third kappa shape index (κ3) is 3.22. The highest BCUT2D eigenvalue weighted by molar-refractivity contribution is 5.83. The zero-order valence-electron chi connectivity index (χ0n) is 10.3. The van der Waals surface area contributed by atoms with E-state index in [9.17, 15) is 9.59 Å². The summed E-state index contributed by atoms with van der Waals surface area (Å²) in [5.41, 5.74) is -0.968. The lowest BCUT2D eigenvalue weighted by molar-refractivity contribution is -0.139. The minimum atomic E-state index is -0.837. The molecule has 0 bridgehead atoms. The van der Waals surface area contributed by atoms with Gasteiger partial charge in [-0.25, -0.2) is 0 Å². The highest BCUT2D eigenvalue weighted by Gasteiger charge is 2.39. The summed E-state index contributed by atoms with van der Waals surface area (Å²) in [7, 11) is 0. The number of hydrogen-bond acceptors (Lipinski definition) is 2. The van der Waals surface area contributed by atoms with E-state index in [1.807, 2.05) is 20.8 Å². The second-order valence-electron chi connectivity index (χ2n) is 5.76. The first-order valence-electron chi connectivity index (χ1n) is 5.80. The SMILES string of the molecule is CC(C)(C)C(=O)NC1(CC(=O)O)CCCC1. The molecule has 4 heteroatoms. The molecule has 1 fully saturated rings. The number of rotatable bonds is 3. The number of nitrogens with one attached hydrogen (secondary N) is 1. The minimum absolute atomic E-state index is 0.0365. The molecule has 0 heterocycles. The first-order valence-corrected chi connectivity index (χ1v) is 5.80. The van der Waals surface area contributed by atoms with E-state index in [1.165, 1.54) is 0 Å². The van der Waals surface area contributed by atoms with Crippen LogP contribution in [0.25, 0.3) is 0 Å². The highest BCUT2D eigenvalue weighted by atomic mass is 16.4. The second kappa shape index (κ2) is 4.44. The molecule has 2 N–H and O–H groups in total. The summed E-state index contributed by atoms with van der Waals surface area (Å²) >= 11 is 0. The Kier molecular flexibility index (Phi) is 3.61. The molecule has 0 aromatic carbocycles. The van der Waals surface area contributed by atoms with Crippen LogP contribution < -0.4 is 5.32 Å². The van der Waals surface area contributed by atoms with Gasteiger partial charge in [-0.2, -0.15) is 0 Å². The lowest BCUT2D eigenvalue weighted by Crippen LogP contribution is -2.51. The van der Waals surface area contributed by atoms with Crippen LogP contribution in [0.3, 0.4) is 0 Å². The lowest BCUT2D eigenvalue weighted by atomic mass is 9.89. The van der Waals surface area contributed by atoms with Crippen LogP contribution in [0.4, 0.5) is 0 Å². The van der Waals surface area contributed by atoms with Crippen molar-refractivity contribution < 1.29 is 14.7 Å². The van der Waals surface area contributed by atoms with Crippen molar-refractivity contribution in [3.8, 4) is 0 Å². The first kappa shape index (κ1) is 13.0. The van der Waals surface area contributed by atoms with E-state index in [1.54, 1.807) is 0 Å². The molecule has 1 saturated carbocycles. The molecule has 0 spiro atoms. The number of aliphatic carboxylic acids is 1. The van der Waals surface area contributed by atoms with Gasteiger partial charge in [0.1, 0.15) is 0 Å². The van der Waals surface area contributed by atoms with E-state index in [2.05, 4.69) is 5.32 Å². The lowest BCUT2D eigenvalue weighted by Gasteiger charge is -2.32. The van der Waals surface area contributed by atoms with Crippen molar-refractivity contribution >= 4 is 11.9 Å². The predicted molar refractivity (Wildman–Crippen MR) is 61.0 cm³/mol. The molecule has 1 amide bonds.